The number of nitrogens with one attached hydrogen (secondary N) is 2. The lowest BCUT2D eigenvalue weighted by Crippen LogP contribution is -2.43. The van der Waals surface area contributed by atoms with Crippen molar-refractivity contribution in [2.75, 3.05) is 5.32 Å². The third kappa shape index (κ3) is 3.72. The number of hydrogen-bond acceptors (Lipinski definition) is 6. The molecular formula is C15H23N7O2. The zero-order chi connectivity index (χ0) is 17.1. The molecule has 2 N–H and O–H groups in total. The third-order valence-corrected chi connectivity index (χ3v) is 4.50. The lowest BCUT2D eigenvalue weighted by atomic mass is 9.86. The van der Waals surface area contributed by atoms with E-state index in [1.165, 1.54) is 6.42 Å². The van der Waals surface area contributed by atoms with Crippen molar-refractivity contribution < 1.29 is 9.32 Å². The Hall–Kier alpha value is -2.45. The van der Waals surface area contributed by atoms with Gasteiger partial charge in [-0.3, -0.25) is 5.32 Å². The number of urea groups is 1. The Kier molecular flexibility index (Phi) is 4.77. The first-order valence-corrected chi connectivity index (χ1v) is 8.29. The van der Waals surface area contributed by atoms with Gasteiger partial charge in [-0.25, -0.2) is 9.48 Å². The molecule has 0 radical (unpaired) electrons. The molecule has 0 bridgehead atoms. The minimum absolute atomic E-state index is 0.219. The predicted molar refractivity (Wildman–Crippen MR) is 86.5 cm³/mol. The zero-order valence-corrected chi connectivity index (χ0v) is 14.2. The second-order valence-corrected chi connectivity index (χ2v) is 6.38. The molecule has 2 amide bonds. The number of carbonyl (C=O) groups excluding carboxylic acids is 1. The van der Waals surface area contributed by atoms with Crippen molar-refractivity contribution in [1.82, 2.24) is 30.5 Å². The predicted octanol–water partition coefficient (Wildman–Crippen LogP) is 2.03. The number of aryl methyl sites for hydroxylation is 1. The maximum atomic E-state index is 12.2. The van der Waals surface area contributed by atoms with Crippen LogP contribution in [0.25, 0.3) is 0 Å². The molecule has 0 spiro atoms. The first-order valence-electron chi connectivity index (χ1n) is 8.29. The molecule has 2 unspecified atom stereocenters. The fourth-order valence-corrected chi connectivity index (χ4v) is 3.01. The van der Waals surface area contributed by atoms with Crippen LogP contribution < -0.4 is 10.6 Å². The molecule has 24 heavy (non-hydrogen) atoms. The zero-order valence-electron chi connectivity index (χ0n) is 14.2. The monoisotopic (exact) mass is 333 g/mol. The van der Waals surface area contributed by atoms with Gasteiger partial charge in [-0.2, -0.15) is 4.98 Å². The van der Waals surface area contributed by atoms with Crippen LogP contribution in [0, 0.1) is 19.8 Å². The summed E-state index contributed by atoms with van der Waals surface area (Å²) in [6.07, 6.45) is 4.58. The van der Waals surface area contributed by atoms with Crippen molar-refractivity contribution in [2.24, 2.45) is 5.92 Å². The normalized spacial score (nSPS) is 20.8. The van der Waals surface area contributed by atoms with Gasteiger partial charge < -0.3 is 9.84 Å². The highest BCUT2D eigenvalue weighted by Crippen LogP contribution is 2.23. The van der Waals surface area contributed by atoms with Crippen LogP contribution in [-0.4, -0.2) is 37.2 Å². The number of anilines is 1. The molecule has 1 aliphatic rings. The highest BCUT2D eigenvalue weighted by Gasteiger charge is 2.23. The molecular weight excluding hydrogens is 310 g/mol. The first-order chi connectivity index (χ1) is 11.5. The van der Waals surface area contributed by atoms with E-state index in [1.807, 2.05) is 6.92 Å². The maximum absolute atomic E-state index is 12.2. The highest BCUT2D eigenvalue weighted by molar-refractivity contribution is 5.88. The quantitative estimate of drug-likeness (QED) is 0.885. The van der Waals surface area contributed by atoms with Crippen LogP contribution in [0.5, 0.6) is 0 Å². The summed E-state index contributed by atoms with van der Waals surface area (Å²) in [4.78, 5) is 16.3. The molecule has 1 fully saturated rings. The van der Waals surface area contributed by atoms with Gasteiger partial charge in [-0.15, -0.1) is 5.10 Å². The van der Waals surface area contributed by atoms with Crippen LogP contribution in [0.15, 0.2) is 4.52 Å². The standard InChI is InChI=1S/C15H23N7O2/c1-9-6-4-5-7-12(9)17-15(23)18-14-10(2)22(21-19-14)8-13-16-11(3)24-20-13/h9,12H,4-8H2,1-3H3,(H2,17,18,23). The van der Waals surface area contributed by atoms with Gasteiger partial charge in [0.1, 0.15) is 6.54 Å². The molecule has 3 rings (SSSR count). The summed E-state index contributed by atoms with van der Waals surface area (Å²) in [6, 6.07) is -0.0179. The average Bonchev–Trinajstić information content (AvgIpc) is 3.10. The van der Waals surface area contributed by atoms with Gasteiger partial charge in [0, 0.05) is 13.0 Å². The summed E-state index contributed by atoms with van der Waals surface area (Å²) in [6.45, 7) is 6.09. The van der Waals surface area contributed by atoms with E-state index in [0.29, 0.717) is 30.0 Å². The van der Waals surface area contributed by atoms with Gasteiger partial charge in [-0.05, 0) is 25.7 Å². The van der Waals surface area contributed by atoms with Gasteiger partial charge in [0.2, 0.25) is 5.89 Å². The largest absolute Gasteiger partial charge is 0.340 e. The fourth-order valence-electron chi connectivity index (χ4n) is 3.01. The Labute approximate surface area is 140 Å². The average molecular weight is 333 g/mol. The maximum Gasteiger partial charge on any atom is 0.320 e. The Morgan fingerprint density at radius 1 is 1.33 bits per heavy atom. The van der Waals surface area contributed by atoms with E-state index in [1.54, 1.807) is 11.6 Å². The Balaban J connectivity index is 1.60. The summed E-state index contributed by atoms with van der Waals surface area (Å²) in [7, 11) is 0. The highest BCUT2D eigenvalue weighted by atomic mass is 16.5. The molecule has 130 valence electrons. The topological polar surface area (TPSA) is 111 Å². The van der Waals surface area contributed by atoms with Crippen LogP contribution in [0.2, 0.25) is 0 Å². The SMILES string of the molecule is Cc1nc(Cn2nnc(NC(=O)NC3CCCCC3C)c2C)no1. The van der Waals surface area contributed by atoms with Crippen molar-refractivity contribution >= 4 is 11.8 Å². The van der Waals surface area contributed by atoms with Gasteiger partial charge in [0.05, 0.1) is 5.69 Å². The molecule has 2 atom stereocenters. The number of carbonyl (C=O) groups is 1. The molecule has 1 saturated carbocycles. The van der Waals surface area contributed by atoms with Crippen molar-refractivity contribution in [2.45, 2.75) is 59.0 Å². The fraction of sp³-hybridized carbons (Fsp3) is 0.667. The number of nitrogens with zero attached hydrogens (tertiary/aromatic N) is 5. The number of aromatic nitrogens is 5. The summed E-state index contributed by atoms with van der Waals surface area (Å²) in [5, 5.41) is 17.7. The van der Waals surface area contributed by atoms with E-state index in [-0.39, 0.29) is 12.1 Å². The Morgan fingerprint density at radius 3 is 2.83 bits per heavy atom. The summed E-state index contributed by atoms with van der Waals surface area (Å²) in [5.41, 5.74) is 0.740. The van der Waals surface area contributed by atoms with Crippen LogP contribution in [-0.2, 0) is 6.54 Å². The van der Waals surface area contributed by atoms with Crippen molar-refractivity contribution in [3.63, 3.8) is 0 Å². The van der Waals surface area contributed by atoms with E-state index in [9.17, 15) is 4.79 Å². The van der Waals surface area contributed by atoms with Gasteiger partial charge in [0.15, 0.2) is 11.6 Å². The molecule has 0 saturated heterocycles. The van der Waals surface area contributed by atoms with E-state index in [2.05, 4.69) is 38.0 Å². The second-order valence-electron chi connectivity index (χ2n) is 6.38. The minimum atomic E-state index is -0.237. The summed E-state index contributed by atoms with van der Waals surface area (Å²) < 4.78 is 6.57. The molecule has 2 heterocycles. The van der Waals surface area contributed by atoms with E-state index in [4.69, 9.17) is 4.52 Å². The second kappa shape index (κ2) is 6.98. The smallest absolute Gasteiger partial charge is 0.320 e. The van der Waals surface area contributed by atoms with Gasteiger partial charge >= 0.3 is 6.03 Å². The van der Waals surface area contributed by atoms with Crippen LogP contribution >= 0.6 is 0 Å². The number of hydrogen-bond donors (Lipinski definition) is 2. The molecule has 2 aromatic rings. The minimum Gasteiger partial charge on any atom is -0.340 e. The van der Waals surface area contributed by atoms with E-state index >= 15 is 0 Å². The molecule has 1 aliphatic carbocycles. The molecule has 0 aromatic carbocycles. The van der Waals surface area contributed by atoms with Crippen LogP contribution in [0.1, 0.15) is 50.0 Å². The molecule has 0 aliphatic heterocycles. The molecule has 9 heteroatoms. The van der Waals surface area contributed by atoms with E-state index in [0.717, 1.165) is 25.0 Å². The lowest BCUT2D eigenvalue weighted by Gasteiger charge is -2.29. The van der Waals surface area contributed by atoms with E-state index < -0.39 is 0 Å². The van der Waals surface area contributed by atoms with Crippen molar-refractivity contribution in [3.8, 4) is 0 Å². The Bertz CT molecular complexity index is 708. The van der Waals surface area contributed by atoms with Crippen molar-refractivity contribution in [1.29, 1.82) is 0 Å². The summed E-state index contributed by atoms with van der Waals surface area (Å²) in [5.74, 6) is 1.97. The third-order valence-electron chi connectivity index (χ3n) is 4.50. The molecule has 2 aromatic heterocycles. The Morgan fingerprint density at radius 2 is 2.12 bits per heavy atom. The van der Waals surface area contributed by atoms with Gasteiger partial charge in [-0.1, -0.05) is 30.1 Å². The number of amides is 2. The lowest BCUT2D eigenvalue weighted by molar-refractivity contribution is 0.232. The van der Waals surface area contributed by atoms with Crippen molar-refractivity contribution in [3.05, 3.63) is 17.4 Å². The first kappa shape index (κ1) is 16.4. The number of rotatable bonds is 4. The van der Waals surface area contributed by atoms with Crippen LogP contribution in [0.4, 0.5) is 10.6 Å². The van der Waals surface area contributed by atoms with Crippen LogP contribution in [0.3, 0.4) is 0 Å². The van der Waals surface area contributed by atoms with Gasteiger partial charge in [0.25, 0.3) is 0 Å². The summed E-state index contributed by atoms with van der Waals surface area (Å²) >= 11 is 0. The molecule has 9 nitrogen and oxygen atoms in total.